The van der Waals surface area contributed by atoms with Gasteiger partial charge in [-0.2, -0.15) is 4.98 Å². The average Bonchev–Trinajstić information content (AvgIpc) is 2.84. The molecule has 2 heterocycles. The van der Waals surface area contributed by atoms with Gasteiger partial charge in [0.25, 0.3) is 0 Å². The van der Waals surface area contributed by atoms with Crippen molar-refractivity contribution in [2.45, 2.75) is 12.5 Å². The van der Waals surface area contributed by atoms with Gasteiger partial charge < -0.3 is 14.1 Å². The Labute approximate surface area is 98.0 Å². The standard InChI is InChI=1S/C12H13FN2O2/c1-15-5-4-9(7-15)16-12-14-10-6-8(13)2-3-11(10)17-12/h2-3,6,9H,4-5,7H2,1H3. The van der Waals surface area contributed by atoms with E-state index in [0.29, 0.717) is 11.1 Å². The van der Waals surface area contributed by atoms with Crippen LogP contribution in [0.3, 0.4) is 0 Å². The first-order valence-electron chi connectivity index (χ1n) is 5.62. The highest BCUT2D eigenvalue weighted by atomic mass is 19.1. The van der Waals surface area contributed by atoms with Crippen molar-refractivity contribution in [2.75, 3.05) is 20.1 Å². The highest BCUT2D eigenvalue weighted by Crippen LogP contribution is 2.23. The van der Waals surface area contributed by atoms with Crippen LogP contribution in [-0.2, 0) is 0 Å². The molecule has 4 nitrogen and oxygen atoms in total. The maximum Gasteiger partial charge on any atom is 0.394 e. The van der Waals surface area contributed by atoms with E-state index in [1.54, 1.807) is 6.07 Å². The summed E-state index contributed by atoms with van der Waals surface area (Å²) >= 11 is 0. The molecule has 0 aliphatic carbocycles. The predicted molar refractivity (Wildman–Crippen MR) is 60.5 cm³/mol. The summed E-state index contributed by atoms with van der Waals surface area (Å²) in [5.41, 5.74) is 1.04. The molecule has 3 rings (SSSR count). The summed E-state index contributed by atoms with van der Waals surface area (Å²) in [5, 5.41) is 0. The molecule has 0 radical (unpaired) electrons. The molecule has 0 spiro atoms. The van der Waals surface area contributed by atoms with Gasteiger partial charge in [-0.1, -0.05) is 0 Å². The van der Waals surface area contributed by atoms with E-state index in [0.717, 1.165) is 19.5 Å². The van der Waals surface area contributed by atoms with Crippen molar-refractivity contribution in [3.8, 4) is 6.08 Å². The quantitative estimate of drug-likeness (QED) is 0.800. The van der Waals surface area contributed by atoms with E-state index in [9.17, 15) is 4.39 Å². The van der Waals surface area contributed by atoms with Crippen molar-refractivity contribution >= 4 is 11.1 Å². The number of likely N-dealkylation sites (tertiary alicyclic amines) is 1. The van der Waals surface area contributed by atoms with Crippen molar-refractivity contribution in [3.63, 3.8) is 0 Å². The summed E-state index contributed by atoms with van der Waals surface area (Å²) in [6.45, 7) is 1.88. The molecule has 1 saturated heterocycles. The van der Waals surface area contributed by atoms with Crippen molar-refractivity contribution in [1.29, 1.82) is 0 Å². The fraction of sp³-hybridized carbons (Fsp3) is 0.417. The minimum absolute atomic E-state index is 0.109. The van der Waals surface area contributed by atoms with E-state index in [1.807, 2.05) is 7.05 Å². The molecule has 17 heavy (non-hydrogen) atoms. The van der Waals surface area contributed by atoms with Gasteiger partial charge in [-0.05, 0) is 25.6 Å². The zero-order chi connectivity index (χ0) is 11.8. The Morgan fingerprint density at radius 1 is 1.53 bits per heavy atom. The van der Waals surface area contributed by atoms with Crippen LogP contribution >= 0.6 is 0 Å². The van der Waals surface area contributed by atoms with Gasteiger partial charge in [-0.25, -0.2) is 4.39 Å². The Kier molecular flexibility index (Phi) is 2.48. The second kappa shape index (κ2) is 4.00. The van der Waals surface area contributed by atoms with E-state index in [-0.39, 0.29) is 18.0 Å². The van der Waals surface area contributed by atoms with E-state index >= 15 is 0 Å². The molecule has 90 valence electrons. The minimum Gasteiger partial charge on any atom is -0.445 e. The van der Waals surface area contributed by atoms with Gasteiger partial charge in [-0.15, -0.1) is 0 Å². The van der Waals surface area contributed by atoms with Gasteiger partial charge >= 0.3 is 6.08 Å². The highest BCUT2D eigenvalue weighted by Gasteiger charge is 2.22. The minimum atomic E-state index is -0.321. The van der Waals surface area contributed by atoms with Crippen LogP contribution in [-0.4, -0.2) is 36.1 Å². The molecule has 0 N–H and O–H groups in total. The van der Waals surface area contributed by atoms with Crippen LogP contribution in [0.1, 0.15) is 6.42 Å². The molecule has 0 bridgehead atoms. The van der Waals surface area contributed by atoms with Gasteiger partial charge in [-0.3, -0.25) is 0 Å². The zero-order valence-electron chi connectivity index (χ0n) is 9.52. The molecule has 1 unspecified atom stereocenters. The molecule has 2 aromatic rings. The largest absolute Gasteiger partial charge is 0.445 e. The molecule has 5 heteroatoms. The third-order valence-electron chi connectivity index (χ3n) is 2.95. The first kappa shape index (κ1) is 10.5. The van der Waals surface area contributed by atoms with Crippen LogP contribution in [0.5, 0.6) is 6.08 Å². The van der Waals surface area contributed by atoms with E-state index in [2.05, 4.69) is 9.88 Å². The first-order chi connectivity index (χ1) is 8.20. The number of rotatable bonds is 2. The van der Waals surface area contributed by atoms with Crippen LogP contribution in [0.2, 0.25) is 0 Å². The molecule has 1 aliphatic heterocycles. The number of halogens is 1. The monoisotopic (exact) mass is 236 g/mol. The van der Waals surface area contributed by atoms with Crippen LogP contribution in [0.25, 0.3) is 11.1 Å². The van der Waals surface area contributed by atoms with Crippen LogP contribution in [0.4, 0.5) is 4.39 Å². The average molecular weight is 236 g/mol. The molecule has 1 aliphatic rings. The predicted octanol–water partition coefficient (Wildman–Crippen LogP) is 2.05. The highest BCUT2D eigenvalue weighted by molar-refractivity contribution is 5.72. The Morgan fingerprint density at radius 3 is 3.18 bits per heavy atom. The van der Waals surface area contributed by atoms with E-state index < -0.39 is 0 Å². The second-order valence-electron chi connectivity index (χ2n) is 4.38. The molecular formula is C12H13FN2O2. The third-order valence-corrected chi connectivity index (χ3v) is 2.95. The summed E-state index contributed by atoms with van der Waals surface area (Å²) < 4.78 is 24.0. The number of ether oxygens (including phenoxy) is 1. The fourth-order valence-electron chi connectivity index (χ4n) is 2.06. The maximum absolute atomic E-state index is 13.0. The topological polar surface area (TPSA) is 38.5 Å². The Morgan fingerprint density at radius 2 is 2.41 bits per heavy atom. The molecule has 1 atom stereocenters. The molecule has 0 saturated carbocycles. The van der Waals surface area contributed by atoms with Gasteiger partial charge in [0.2, 0.25) is 0 Å². The fourth-order valence-corrected chi connectivity index (χ4v) is 2.06. The maximum atomic E-state index is 13.0. The van der Waals surface area contributed by atoms with Gasteiger partial charge in [0.15, 0.2) is 5.58 Å². The smallest absolute Gasteiger partial charge is 0.394 e. The lowest BCUT2D eigenvalue weighted by molar-refractivity contribution is 0.157. The number of nitrogens with zero attached hydrogens (tertiary/aromatic N) is 2. The Bertz CT molecular complexity index is 540. The Balaban J connectivity index is 1.81. The molecule has 1 fully saturated rings. The number of hydrogen-bond acceptors (Lipinski definition) is 4. The van der Waals surface area contributed by atoms with E-state index in [4.69, 9.17) is 9.15 Å². The third kappa shape index (κ3) is 2.10. The summed E-state index contributed by atoms with van der Waals surface area (Å²) in [5.74, 6) is -0.321. The van der Waals surface area contributed by atoms with Crippen LogP contribution in [0, 0.1) is 5.82 Å². The lowest BCUT2D eigenvalue weighted by atomic mass is 10.3. The van der Waals surface area contributed by atoms with Crippen molar-refractivity contribution in [2.24, 2.45) is 0 Å². The number of likely N-dealkylation sites (N-methyl/N-ethyl adjacent to an activating group) is 1. The number of benzene rings is 1. The SMILES string of the molecule is CN1CCC(Oc2nc3cc(F)ccc3o2)C1. The molecule has 1 aromatic carbocycles. The zero-order valence-corrected chi connectivity index (χ0v) is 9.52. The van der Waals surface area contributed by atoms with Crippen molar-refractivity contribution in [3.05, 3.63) is 24.0 Å². The van der Waals surface area contributed by atoms with Crippen molar-refractivity contribution in [1.82, 2.24) is 9.88 Å². The van der Waals surface area contributed by atoms with Crippen molar-refractivity contribution < 1.29 is 13.5 Å². The number of hydrogen-bond donors (Lipinski definition) is 0. The van der Waals surface area contributed by atoms with Crippen LogP contribution in [0.15, 0.2) is 22.6 Å². The summed E-state index contributed by atoms with van der Waals surface area (Å²) in [6, 6.07) is 4.25. The lowest BCUT2D eigenvalue weighted by Crippen LogP contribution is -2.21. The van der Waals surface area contributed by atoms with Gasteiger partial charge in [0.1, 0.15) is 17.4 Å². The van der Waals surface area contributed by atoms with E-state index in [1.165, 1.54) is 12.1 Å². The summed E-state index contributed by atoms with van der Waals surface area (Å²) in [6.07, 6.45) is 1.30. The molecular weight excluding hydrogens is 223 g/mol. The first-order valence-corrected chi connectivity index (χ1v) is 5.62. The Hall–Kier alpha value is -1.62. The summed E-state index contributed by atoms with van der Waals surface area (Å²) in [4.78, 5) is 6.30. The van der Waals surface area contributed by atoms with Crippen LogP contribution < -0.4 is 4.74 Å². The normalized spacial score (nSPS) is 21.2. The summed E-state index contributed by atoms with van der Waals surface area (Å²) in [7, 11) is 2.05. The van der Waals surface area contributed by atoms with Gasteiger partial charge in [0.05, 0.1) is 0 Å². The second-order valence-corrected chi connectivity index (χ2v) is 4.38. The number of oxazole rings is 1. The lowest BCUT2D eigenvalue weighted by Gasteiger charge is -2.09. The number of fused-ring (bicyclic) bond motifs is 1. The number of aromatic nitrogens is 1. The molecule has 1 aromatic heterocycles. The molecule has 0 amide bonds. The van der Waals surface area contributed by atoms with Gasteiger partial charge in [0, 0.05) is 19.2 Å².